The molecule has 0 spiro atoms. The summed E-state index contributed by atoms with van der Waals surface area (Å²) in [7, 11) is 1.58. The van der Waals surface area contributed by atoms with Gasteiger partial charge in [-0.05, 0) is 48.2 Å². The van der Waals surface area contributed by atoms with Crippen molar-refractivity contribution in [2.24, 2.45) is 11.1 Å². The Balaban J connectivity index is 1.76. The normalized spacial score (nSPS) is 12.2. The minimum absolute atomic E-state index is 0.0164. The van der Waals surface area contributed by atoms with Crippen molar-refractivity contribution in [2.75, 3.05) is 97.6 Å². The molecule has 0 aliphatic heterocycles. The minimum atomic E-state index is -1.14. The number of aromatic nitrogens is 1. The first-order valence-corrected chi connectivity index (χ1v) is 24.0. The maximum atomic E-state index is 15.3. The largest absolute Gasteiger partial charge is 0.481 e. The monoisotopic (exact) mass is 989 g/mol. The lowest BCUT2D eigenvalue weighted by Gasteiger charge is -2.41. The number of carboxylic acid groups (broad SMARTS) is 1. The third-order valence-corrected chi connectivity index (χ3v) is 11.3. The Hall–Kier alpha value is -5.45. The number of hydrogen-bond acceptors (Lipinski definition) is 12. The van der Waals surface area contributed by atoms with E-state index in [9.17, 15) is 33.2 Å². The van der Waals surface area contributed by atoms with Crippen molar-refractivity contribution in [3.05, 3.63) is 83.7 Å². The van der Waals surface area contributed by atoms with Crippen LogP contribution >= 0.6 is 11.8 Å². The van der Waals surface area contributed by atoms with Crippen LogP contribution in [0.4, 0.5) is 8.78 Å². The fraction of sp³-hybridized carbons (Fsp3) is 0.542. The van der Waals surface area contributed by atoms with Crippen LogP contribution < -0.4 is 27.0 Å². The lowest BCUT2D eigenvalue weighted by atomic mass is 9.83. The summed E-state index contributed by atoms with van der Waals surface area (Å²) in [6.07, 6.45) is 1.48. The molecule has 69 heavy (non-hydrogen) atoms. The van der Waals surface area contributed by atoms with E-state index in [4.69, 9.17) is 29.8 Å². The molecule has 2 atom stereocenters. The van der Waals surface area contributed by atoms with Crippen LogP contribution in [0, 0.1) is 17.0 Å². The van der Waals surface area contributed by atoms with Crippen molar-refractivity contribution in [2.45, 2.75) is 65.1 Å². The molecule has 18 nitrogen and oxygen atoms in total. The molecule has 0 saturated carbocycles. The number of thioether (sulfide) groups is 1. The molecule has 0 bridgehead atoms. The van der Waals surface area contributed by atoms with Gasteiger partial charge in [-0.15, -0.1) is 11.8 Å². The summed E-state index contributed by atoms with van der Waals surface area (Å²) in [5.41, 5.74) is 7.57. The first kappa shape index (κ1) is 57.9. The number of halogens is 2. The van der Waals surface area contributed by atoms with E-state index in [2.05, 4.69) is 21.3 Å². The standard InChI is InChI=1S/C48H69F2N7O11S/c1-48(2,3)46(40-27-35(37-28-36(49)11-12-38(37)50)31-56(40)30-34-9-6-5-7-10-34)57(19-8-16-51)44(61)33-69-32-39(55-42(59)15-20-66-23-24-68-26-25-67-22-21-65-4)47(64)53-18-17-52-43(60)29-54-41(58)13-14-45(62)63/h5-7,9-12,27-28,31,39,46H,8,13-26,29-30,32-33,51H2,1-4H3,(H,52,60)(H,53,64)(H,54,58)(H,55,59)(H,62,63)/t39-,46-/m0/s1. The second kappa shape index (κ2) is 31.6. The van der Waals surface area contributed by atoms with Gasteiger partial charge in [0.15, 0.2) is 0 Å². The molecular formula is C48H69F2N7O11S. The third kappa shape index (κ3) is 22.2. The van der Waals surface area contributed by atoms with E-state index in [1.165, 1.54) is 0 Å². The zero-order valence-electron chi connectivity index (χ0n) is 40.0. The number of rotatable bonds is 34. The van der Waals surface area contributed by atoms with Gasteiger partial charge in [0.1, 0.15) is 17.7 Å². The summed E-state index contributed by atoms with van der Waals surface area (Å²) < 4.78 is 53.0. The summed E-state index contributed by atoms with van der Waals surface area (Å²) in [5, 5.41) is 19.0. The van der Waals surface area contributed by atoms with Crippen LogP contribution in [0.1, 0.15) is 63.8 Å². The van der Waals surface area contributed by atoms with Gasteiger partial charge in [0.05, 0.1) is 71.0 Å². The molecule has 7 N–H and O–H groups in total. The average Bonchev–Trinajstić information content (AvgIpc) is 3.71. The van der Waals surface area contributed by atoms with Crippen molar-refractivity contribution < 1.29 is 61.6 Å². The molecular weight excluding hydrogens is 921 g/mol. The SMILES string of the molecule is COCCOCCOCCOCCC(=O)N[C@@H](CSCC(=O)N(CCCN)[C@@H](c1cc(-c2cc(F)ccc2F)cn1Cc1ccccc1)C(C)(C)C)C(=O)NCCNC(=O)CNC(=O)CCC(=O)O. The number of ether oxygens (including phenoxy) is 4. The second-order valence-corrected chi connectivity index (χ2v) is 17.9. The number of nitrogens with one attached hydrogen (secondary N) is 4. The quantitative estimate of drug-likeness (QED) is 0.0472. The second-order valence-electron chi connectivity index (χ2n) is 16.9. The van der Waals surface area contributed by atoms with E-state index in [0.29, 0.717) is 50.7 Å². The van der Waals surface area contributed by atoms with Crippen molar-refractivity contribution in [3.8, 4) is 11.1 Å². The maximum Gasteiger partial charge on any atom is 0.303 e. The number of amides is 5. The lowest BCUT2D eigenvalue weighted by molar-refractivity contribution is -0.139. The lowest BCUT2D eigenvalue weighted by Crippen LogP contribution is -2.50. The number of benzene rings is 2. The molecule has 0 aliphatic rings. The van der Waals surface area contributed by atoms with Gasteiger partial charge < -0.3 is 60.5 Å². The Morgan fingerprint density at radius 1 is 0.812 bits per heavy atom. The van der Waals surface area contributed by atoms with Crippen molar-refractivity contribution in [1.29, 1.82) is 0 Å². The summed E-state index contributed by atoms with van der Waals surface area (Å²) in [6.45, 7) is 8.68. The zero-order chi connectivity index (χ0) is 50.6. The Kier molecular flexibility index (Phi) is 26.5. The molecule has 0 radical (unpaired) electrons. The van der Waals surface area contributed by atoms with E-state index in [1.807, 2.05) is 55.7 Å². The van der Waals surface area contributed by atoms with Gasteiger partial charge in [-0.1, -0.05) is 51.1 Å². The number of hydrogen-bond donors (Lipinski definition) is 6. The first-order chi connectivity index (χ1) is 33.0. The summed E-state index contributed by atoms with van der Waals surface area (Å²) in [4.78, 5) is 77.7. The Morgan fingerprint density at radius 2 is 1.48 bits per heavy atom. The van der Waals surface area contributed by atoms with Gasteiger partial charge >= 0.3 is 5.97 Å². The molecule has 382 valence electrons. The number of nitrogens with two attached hydrogens (primary N) is 1. The number of carbonyl (C=O) groups excluding carboxylic acids is 5. The van der Waals surface area contributed by atoms with Crippen LogP contribution in [0.2, 0.25) is 0 Å². The number of methoxy groups -OCH3 is 1. The molecule has 1 heterocycles. The van der Waals surface area contributed by atoms with E-state index in [0.717, 1.165) is 35.5 Å². The van der Waals surface area contributed by atoms with Crippen molar-refractivity contribution in [3.63, 3.8) is 0 Å². The van der Waals surface area contributed by atoms with Crippen LogP contribution in [-0.2, 0) is 54.3 Å². The summed E-state index contributed by atoms with van der Waals surface area (Å²) in [6, 6.07) is 13.0. The average molecular weight is 990 g/mol. The molecule has 21 heteroatoms. The molecule has 3 aromatic rings. The summed E-state index contributed by atoms with van der Waals surface area (Å²) >= 11 is 1.13. The predicted octanol–water partition coefficient (Wildman–Crippen LogP) is 3.26. The fourth-order valence-electron chi connectivity index (χ4n) is 6.98. The van der Waals surface area contributed by atoms with Crippen LogP contribution in [0.25, 0.3) is 11.1 Å². The molecule has 0 fully saturated rings. The molecule has 3 rings (SSSR count). The number of carbonyl (C=O) groups is 6. The zero-order valence-corrected chi connectivity index (χ0v) is 40.8. The van der Waals surface area contributed by atoms with E-state index >= 15 is 4.39 Å². The number of nitrogens with zero attached hydrogens (tertiary/aromatic N) is 2. The highest BCUT2D eigenvalue weighted by molar-refractivity contribution is 8.00. The highest BCUT2D eigenvalue weighted by Gasteiger charge is 2.37. The first-order valence-electron chi connectivity index (χ1n) is 22.8. The van der Waals surface area contributed by atoms with Crippen molar-refractivity contribution in [1.82, 2.24) is 30.7 Å². The molecule has 5 amide bonds. The van der Waals surface area contributed by atoms with E-state index in [-0.39, 0.29) is 88.2 Å². The number of aliphatic carboxylic acids is 1. The molecule has 2 aromatic carbocycles. The smallest absolute Gasteiger partial charge is 0.303 e. The molecule has 0 saturated heterocycles. The molecule has 0 aliphatic carbocycles. The maximum absolute atomic E-state index is 15.3. The van der Waals surface area contributed by atoms with Crippen LogP contribution in [0.5, 0.6) is 0 Å². The highest BCUT2D eigenvalue weighted by Crippen LogP contribution is 2.41. The van der Waals surface area contributed by atoms with Gasteiger partial charge in [0.2, 0.25) is 29.5 Å². The van der Waals surface area contributed by atoms with Crippen LogP contribution in [-0.4, -0.2) is 154 Å². The minimum Gasteiger partial charge on any atom is -0.481 e. The molecule has 0 unspecified atom stereocenters. The van der Waals surface area contributed by atoms with Gasteiger partial charge in [0.25, 0.3) is 0 Å². The van der Waals surface area contributed by atoms with Crippen LogP contribution in [0.3, 0.4) is 0 Å². The topological polar surface area (TPSA) is 242 Å². The fourth-order valence-corrected chi connectivity index (χ4v) is 7.91. The summed E-state index contributed by atoms with van der Waals surface area (Å²) in [5.74, 6) is -4.96. The predicted molar refractivity (Wildman–Crippen MR) is 257 cm³/mol. The Morgan fingerprint density at radius 3 is 2.13 bits per heavy atom. The number of carboxylic acids is 1. The third-order valence-electron chi connectivity index (χ3n) is 10.3. The van der Waals surface area contributed by atoms with Gasteiger partial charge in [-0.3, -0.25) is 28.8 Å². The van der Waals surface area contributed by atoms with Crippen molar-refractivity contribution >= 4 is 47.3 Å². The highest BCUT2D eigenvalue weighted by atomic mass is 32.2. The van der Waals surface area contributed by atoms with Crippen LogP contribution in [0.15, 0.2) is 60.8 Å². The Labute approximate surface area is 407 Å². The van der Waals surface area contributed by atoms with Gasteiger partial charge in [-0.2, -0.15) is 0 Å². The molecule has 1 aromatic heterocycles. The van der Waals surface area contributed by atoms with E-state index in [1.54, 1.807) is 24.3 Å². The Bertz CT molecular complexity index is 2070. The van der Waals surface area contributed by atoms with Gasteiger partial charge in [0, 0.05) is 74.9 Å². The van der Waals surface area contributed by atoms with E-state index < -0.39 is 65.3 Å². The van der Waals surface area contributed by atoms with Gasteiger partial charge in [-0.25, -0.2) is 8.78 Å².